The number of nitrogens with zero attached hydrogens (tertiary/aromatic N) is 1. The van der Waals surface area contributed by atoms with Gasteiger partial charge in [-0.2, -0.15) is 12.6 Å². The van der Waals surface area contributed by atoms with Crippen molar-refractivity contribution in [1.82, 2.24) is 10.3 Å². The lowest BCUT2D eigenvalue weighted by atomic mass is 10.1. The molecule has 0 aromatic carbocycles. The first-order valence-electron chi connectivity index (χ1n) is 6.04. The van der Waals surface area contributed by atoms with Crippen LogP contribution < -0.4 is 10.1 Å². The highest BCUT2D eigenvalue weighted by Crippen LogP contribution is 2.49. The predicted molar refractivity (Wildman–Crippen MR) is 72.8 cm³/mol. The molecule has 0 spiro atoms. The van der Waals surface area contributed by atoms with Crippen LogP contribution in [0, 0.1) is 5.41 Å². The third-order valence-corrected chi connectivity index (χ3v) is 4.00. The molecule has 0 bridgehead atoms. The van der Waals surface area contributed by atoms with Gasteiger partial charge in [-0.1, -0.05) is 6.07 Å². The third kappa shape index (κ3) is 3.38. The third-order valence-electron chi connectivity index (χ3n) is 3.32. The van der Waals surface area contributed by atoms with Gasteiger partial charge in [0.2, 0.25) is 11.8 Å². The SMILES string of the molecule is COc1ccc(CNC(=O)CC2(CS)CC2)cn1. The van der Waals surface area contributed by atoms with E-state index in [1.54, 1.807) is 19.4 Å². The number of carbonyl (C=O) groups excluding carboxylic acids is 1. The largest absolute Gasteiger partial charge is 0.481 e. The second-order valence-electron chi connectivity index (χ2n) is 4.82. The Morgan fingerprint density at radius 1 is 1.56 bits per heavy atom. The molecule has 1 aliphatic rings. The van der Waals surface area contributed by atoms with Gasteiger partial charge in [0.25, 0.3) is 0 Å². The summed E-state index contributed by atoms with van der Waals surface area (Å²) in [6, 6.07) is 3.69. The van der Waals surface area contributed by atoms with Crippen molar-refractivity contribution in [1.29, 1.82) is 0 Å². The van der Waals surface area contributed by atoms with Gasteiger partial charge in [-0.25, -0.2) is 4.98 Å². The van der Waals surface area contributed by atoms with E-state index in [1.165, 1.54) is 0 Å². The number of methoxy groups -OCH3 is 1. The molecule has 5 heteroatoms. The first-order chi connectivity index (χ1) is 8.67. The number of ether oxygens (including phenoxy) is 1. The lowest BCUT2D eigenvalue weighted by Gasteiger charge is -2.11. The summed E-state index contributed by atoms with van der Waals surface area (Å²) >= 11 is 4.29. The van der Waals surface area contributed by atoms with Crippen LogP contribution in [0.2, 0.25) is 0 Å². The first kappa shape index (κ1) is 13.2. The second kappa shape index (κ2) is 5.61. The maximum atomic E-state index is 11.8. The van der Waals surface area contributed by atoms with Gasteiger partial charge >= 0.3 is 0 Å². The Kier molecular flexibility index (Phi) is 4.11. The van der Waals surface area contributed by atoms with Gasteiger partial charge in [-0.05, 0) is 29.6 Å². The molecule has 0 unspecified atom stereocenters. The summed E-state index contributed by atoms with van der Waals surface area (Å²) in [6.07, 6.45) is 4.53. The molecule has 18 heavy (non-hydrogen) atoms. The van der Waals surface area contributed by atoms with Crippen molar-refractivity contribution in [2.45, 2.75) is 25.8 Å². The standard InChI is InChI=1S/C13H18N2O2S/c1-17-12-3-2-10(8-15-12)7-14-11(16)6-13(9-18)4-5-13/h2-3,8,18H,4-7,9H2,1H3,(H,14,16). The Morgan fingerprint density at radius 2 is 2.33 bits per heavy atom. The molecule has 1 saturated carbocycles. The van der Waals surface area contributed by atoms with Crippen molar-refractivity contribution in [3.63, 3.8) is 0 Å². The summed E-state index contributed by atoms with van der Waals surface area (Å²) < 4.78 is 4.98. The molecule has 0 radical (unpaired) electrons. The van der Waals surface area contributed by atoms with Crippen LogP contribution in [0.4, 0.5) is 0 Å². The maximum absolute atomic E-state index is 11.8. The van der Waals surface area contributed by atoms with Crippen LogP contribution in [0.25, 0.3) is 0 Å². The minimum atomic E-state index is 0.0948. The minimum Gasteiger partial charge on any atom is -0.481 e. The molecule has 1 aliphatic carbocycles. The number of carbonyl (C=O) groups is 1. The molecule has 1 heterocycles. The molecule has 1 aromatic rings. The summed E-state index contributed by atoms with van der Waals surface area (Å²) in [4.78, 5) is 15.9. The average Bonchev–Trinajstić information content (AvgIpc) is 3.17. The number of rotatable bonds is 6. The van der Waals surface area contributed by atoms with E-state index in [0.29, 0.717) is 18.8 Å². The summed E-state index contributed by atoms with van der Waals surface area (Å²) in [5, 5.41) is 2.91. The Bertz CT molecular complexity index is 416. The van der Waals surface area contributed by atoms with Crippen molar-refractivity contribution in [2.24, 2.45) is 5.41 Å². The zero-order valence-corrected chi connectivity index (χ0v) is 11.4. The molecule has 0 saturated heterocycles. The summed E-state index contributed by atoms with van der Waals surface area (Å²) in [7, 11) is 1.58. The summed E-state index contributed by atoms with van der Waals surface area (Å²) in [5.74, 6) is 1.47. The van der Waals surface area contributed by atoms with E-state index in [-0.39, 0.29) is 11.3 Å². The fraction of sp³-hybridized carbons (Fsp3) is 0.538. The van der Waals surface area contributed by atoms with Crippen LogP contribution in [0.5, 0.6) is 5.88 Å². The van der Waals surface area contributed by atoms with E-state index >= 15 is 0 Å². The number of aromatic nitrogens is 1. The van der Waals surface area contributed by atoms with Crippen LogP contribution in [0.3, 0.4) is 0 Å². The lowest BCUT2D eigenvalue weighted by Crippen LogP contribution is -2.26. The maximum Gasteiger partial charge on any atom is 0.220 e. The van der Waals surface area contributed by atoms with E-state index in [0.717, 1.165) is 24.2 Å². The molecule has 1 amide bonds. The highest BCUT2D eigenvalue weighted by Gasteiger charge is 2.42. The predicted octanol–water partition coefficient (Wildman–Crippen LogP) is 1.81. The fourth-order valence-electron chi connectivity index (χ4n) is 1.81. The topological polar surface area (TPSA) is 51.2 Å². The van der Waals surface area contributed by atoms with E-state index in [1.807, 2.05) is 6.07 Å². The molecule has 1 aromatic heterocycles. The summed E-state index contributed by atoms with van der Waals surface area (Å²) in [6.45, 7) is 0.512. The smallest absolute Gasteiger partial charge is 0.220 e. The number of amides is 1. The van der Waals surface area contributed by atoms with Crippen molar-refractivity contribution in [3.8, 4) is 5.88 Å². The fourth-order valence-corrected chi connectivity index (χ4v) is 2.24. The van der Waals surface area contributed by atoms with Crippen molar-refractivity contribution < 1.29 is 9.53 Å². The quantitative estimate of drug-likeness (QED) is 0.772. The Labute approximate surface area is 113 Å². The normalized spacial score (nSPS) is 16.1. The molecule has 1 N–H and O–H groups in total. The van der Waals surface area contributed by atoms with Crippen molar-refractivity contribution in [3.05, 3.63) is 23.9 Å². The molecule has 0 atom stereocenters. The van der Waals surface area contributed by atoms with Crippen LogP contribution in [0.1, 0.15) is 24.8 Å². The van der Waals surface area contributed by atoms with Crippen LogP contribution >= 0.6 is 12.6 Å². The monoisotopic (exact) mass is 266 g/mol. The number of hydrogen-bond donors (Lipinski definition) is 2. The Balaban J connectivity index is 1.78. The zero-order valence-electron chi connectivity index (χ0n) is 10.5. The molecular weight excluding hydrogens is 248 g/mol. The van der Waals surface area contributed by atoms with Gasteiger partial charge in [0.1, 0.15) is 0 Å². The number of pyridine rings is 1. The number of hydrogen-bond acceptors (Lipinski definition) is 4. The van der Waals surface area contributed by atoms with Crippen LogP contribution in [0.15, 0.2) is 18.3 Å². The highest BCUT2D eigenvalue weighted by molar-refractivity contribution is 7.80. The Morgan fingerprint density at radius 3 is 2.83 bits per heavy atom. The molecule has 2 rings (SSSR count). The first-order valence-corrected chi connectivity index (χ1v) is 6.67. The van der Waals surface area contributed by atoms with Gasteiger partial charge in [0, 0.05) is 25.2 Å². The lowest BCUT2D eigenvalue weighted by molar-refractivity contribution is -0.122. The van der Waals surface area contributed by atoms with E-state index in [4.69, 9.17) is 4.74 Å². The van der Waals surface area contributed by atoms with Crippen molar-refractivity contribution in [2.75, 3.05) is 12.9 Å². The van der Waals surface area contributed by atoms with Gasteiger partial charge in [0.05, 0.1) is 7.11 Å². The van der Waals surface area contributed by atoms with Crippen molar-refractivity contribution >= 4 is 18.5 Å². The molecule has 98 valence electrons. The minimum absolute atomic E-state index is 0.0948. The van der Waals surface area contributed by atoms with Gasteiger partial charge in [-0.3, -0.25) is 4.79 Å². The zero-order chi connectivity index (χ0) is 13.0. The van der Waals surface area contributed by atoms with Gasteiger partial charge in [-0.15, -0.1) is 0 Å². The number of nitrogens with one attached hydrogen (secondary N) is 1. The van der Waals surface area contributed by atoms with E-state index in [9.17, 15) is 4.79 Å². The van der Waals surface area contributed by atoms with Gasteiger partial charge in [0.15, 0.2) is 0 Å². The van der Waals surface area contributed by atoms with E-state index in [2.05, 4.69) is 22.9 Å². The van der Waals surface area contributed by atoms with Crippen LogP contribution in [-0.4, -0.2) is 23.8 Å². The highest BCUT2D eigenvalue weighted by atomic mass is 32.1. The Hall–Kier alpha value is -1.23. The van der Waals surface area contributed by atoms with E-state index < -0.39 is 0 Å². The van der Waals surface area contributed by atoms with Crippen LogP contribution in [-0.2, 0) is 11.3 Å². The second-order valence-corrected chi connectivity index (χ2v) is 5.14. The molecule has 1 fully saturated rings. The van der Waals surface area contributed by atoms with Gasteiger partial charge < -0.3 is 10.1 Å². The average molecular weight is 266 g/mol. The summed E-state index contributed by atoms with van der Waals surface area (Å²) in [5.41, 5.74) is 1.14. The molecule has 4 nitrogen and oxygen atoms in total. The molecule has 0 aliphatic heterocycles. The number of thiol groups is 1. The molecular formula is C13H18N2O2S.